The van der Waals surface area contributed by atoms with Crippen molar-refractivity contribution in [2.24, 2.45) is 0 Å². The third-order valence-corrected chi connectivity index (χ3v) is 3.08. The molecule has 11 heteroatoms. The van der Waals surface area contributed by atoms with Crippen LogP contribution in [0.25, 0.3) is 0 Å². The zero-order valence-corrected chi connectivity index (χ0v) is 14.2. The highest BCUT2D eigenvalue weighted by Gasteiger charge is 2.37. The van der Waals surface area contributed by atoms with Crippen LogP contribution in [0.3, 0.4) is 0 Å². The Balaban J connectivity index is 0.000000337. The lowest BCUT2D eigenvalue weighted by Crippen LogP contribution is -2.21. The predicted molar refractivity (Wildman–Crippen MR) is 88.0 cm³/mol. The summed E-state index contributed by atoms with van der Waals surface area (Å²) in [5, 5.41) is 16.7. The van der Waals surface area contributed by atoms with E-state index in [0.29, 0.717) is 0 Å². The van der Waals surface area contributed by atoms with Crippen molar-refractivity contribution in [1.29, 1.82) is 0 Å². The molecule has 27 heavy (non-hydrogen) atoms. The van der Waals surface area contributed by atoms with E-state index >= 15 is 0 Å². The van der Waals surface area contributed by atoms with Crippen LogP contribution in [0.2, 0.25) is 0 Å². The molecule has 0 aliphatic heterocycles. The second-order valence-corrected chi connectivity index (χ2v) is 5.42. The summed E-state index contributed by atoms with van der Waals surface area (Å²) in [5.41, 5.74) is -1.96. The van der Waals surface area contributed by atoms with Gasteiger partial charge in [-0.15, -0.1) is 0 Å². The van der Waals surface area contributed by atoms with Gasteiger partial charge < -0.3 is 19.6 Å². The number of para-hydroxylation sites is 1. The normalized spacial score (nSPS) is 11.3. The zero-order chi connectivity index (χ0) is 20.8. The summed E-state index contributed by atoms with van der Waals surface area (Å²) in [4.78, 5) is 2.08. The Morgan fingerprint density at radius 2 is 1.26 bits per heavy atom. The quantitative estimate of drug-likeness (QED) is 0.613. The van der Waals surface area contributed by atoms with Crippen LogP contribution in [0, 0.1) is 0 Å². The van der Waals surface area contributed by atoms with Crippen molar-refractivity contribution in [3.63, 3.8) is 0 Å². The first kappa shape index (κ1) is 22.6. The first-order valence-electron chi connectivity index (χ1n) is 7.35. The van der Waals surface area contributed by atoms with Crippen molar-refractivity contribution in [2.45, 2.75) is 12.4 Å². The molecule has 4 nitrogen and oxygen atoms in total. The largest absolute Gasteiger partial charge is 0.707 e. The molecule has 0 atom stereocenters. The van der Waals surface area contributed by atoms with Crippen molar-refractivity contribution in [2.75, 3.05) is 19.0 Å². The Morgan fingerprint density at radius 1 is 0.815 bits per heavy atom. The highest BCUT2D eigenvalue weighted by molar-refractivity contribution is 6.33. The highest BCUT2D eigenvalue weighted by atomic mass is 19.4. The van der Waals surface area contributed by atoms with E-state index < -0.39 is 36.6 Å². The van der Waals surface area contributed by atoms with Gasteiger partial charge in [0.25, 0.3) is 0 Å². The molecule has 0 radical (unpaired) electrons. The van der Waals surface area contributed by atoms with E-state index in [4.69, 9.17) is 10.0 Å². The molecule has 2 N–H and O–H groups in total. The molecule has 2 aromatic rings. The molecule has 148 valence electrons. The summed E-state index contributed by atoms with van der Waals surface area (Å²) in [6.07, 6.45) is -10.0. The molecule has 2 rings (SSSR count). The fourth-order valence-electron chi connectivity index (χ4n) is 1.84. The number of hydrogen-bond acceptors (Lipinski definition) is 4. The Morgan fingerprint density at radius 3 is 1.56 bits per heavy atom. The van der Waals surface area contributed by atoms with Gasteiger partial charge in [-0.1, -0.05) is 18.2 Å². The Labute approximate surface area is 151 Å². The number of rotatable bonds is 3. The van der Waals surface area contributed by atoms with E-state index in [1.165, 1.54) is 5.69 Å². The first-order valence-corrected chi connectivity index (χ1v) is 7.35. The Kier molecular flexibility index (Phi) is 7.55. The summed E-state index contributed by atoms with van der Waals surface area (Å²) in [5.74, 6) is -0.952. The minimum Gasteiger partial charge on any atom is -0.512 e. The van der Waals surface area contributed by atoms with Gasteiger partial charge in [-0.05, 0) is 30.3 Å². The maximum Gasteiger partial charge on any atom is 0.707 e. The van der Waals surface area contributed by atoms with E-state index in [1.54, 1.807) is 0 Å². The lowest BCUT2D eigenvalue weighted by Gasteiger charge is -2.14. The van der Waals surface area contributed by atoms with Crippen LogP contribution in [0.1, 0.15) is 11.1 Å². The molecular formula is C16H16BF6NO3. The summed E-state index contributed by atoms with van der Waals surface area (Å²) in [6, 6.07) is 10.6. The lowest BCUT2D eigenvalue weighted by molar-refractivity contribution is -0.143. The van der Waals surface area contributed by atoms with Gasteiger partial charge in [0.1, 0.15) is 5.75 Å². The third kappa shape index (κ3) is 7.79. The molecule has 0 amide bonds. The second kappa shape index (κ2) is 9.00. The molecule has 0 aliphatic carbocycles. The molecule has 0 unspecified atom stereocenters. The average molecular weight is 395 g/mol. The van der Waals surface area contributed by atoms with Crippen LogP contribution < -0.4 is 9.55 Å². The minimum absolute atomic E-state index is 0.101. The van der Waals surface area contributed by atoms with Crippen molar-refractivity contribution in [3.05, 3.63) is 59.7 Å². The van der Waals surface area contributed by atoms with Gasteiger partial charge in [-0.2, -0.15) is 26.3 Å². The van der Waals surface area contributed by atoms with Crippen LogP contribution in [-0.4, -0.2) is 31.5 Å². The summed E-state index contributed by atoms with van der Waals surface area (Å²) in [7, 11) is 1.56. The van der Waals surface area contributed by atoms with E-state index in [0.717, 1.165) is 0 Å². The van der Waals surface area contributed by atoms with Crippen LogP contribution in [-0.2, 0) is 12.4 Å². The van der Waals surface area contributed by atoms with Crippen molar-refractivity contribution in [1.82, 2.24) is 0 Å². The predicted octanol–water partition coefficient (Wildman–Crippen LogP) is 3.83. The molecule has 0 saturated heterocycles. The molecule has 0 aromatic heterocycles. The minimum atomic E-state index is -5.01. The van der Waals surface area contributed by atoms with Gasteiger partial charge in [0.15, 0.2) is 0 Å². The number of hydrogen-bond donors (Lipinski definition) is 2. The summed E-state index contributed by atoms with van der Waals surface area (Å²) < 4.78 is 78.0. The lowest BCUT2D eigenvalue weighted by atomic mass is 10.1. The van der Waals surface area contributed by atoms with Crippen LogP contribution in [0.4, 0.5) is 32.0 Å². The van der Waals surface area contributed by atoms with Crippen molar-refractivity contribution in [3.8, 4) is 5.75 Å². The highest BCUT2D eigenvalue weighted by Crippen LogP contribution is 2.38. The Hall–Kier alpha value is -2.40. The molecule has 0 saturated carbocycles. The van der Waals surface area contributed by atoms with E-state index in [9.17, 15) is 26.3 Å². The third-order valence-electron chi connectivity index (χ3n) is 3.08. The molecule has 0 heterocycles. The van der Waals surface area contributed by atoms with Crippen LogP contribution in [0.15, 0.2) is 48.5 Å². The summed E-state index contributed by atoms with van der Waals surface area (Å²) in [6.45, 7) is 0. The summed E-state index contributed by atoms with van der Waals surface area (Å²) >= 11 is 0. The van der Waals surface area contributed by atoms with Crippen molar-refractivity contribution >= 4 is 13.0 Å². The number of benzene rings is 2. The van der Waals surface area contributed by atoms with Gasteiger partial charge >= 0.3 is 19.7 Å². The van der Waals surface area contributed by atoms with Gasteiger partial charge in [0.05, 0.1) is 11.1 Å². The fourth-order valence-corrected chi connectivity index (χ4v) is 1.84. The van der Waals surface area contributed by atoms with Gasteiger partial charge in [-0.3, -0.25) is 0 Å². The molecule has 2 aromatic carbocycles. The van der Waals surface area contributed by atoms with Gasteiger partial charge in [0, 0.05) is 19.8 Å². The standard InChI is InChI=1S/C8H5BF6O3.C8H11N/c10-7(11,12)4-1-5(8(13,14)15)3-6(2-4)18-9(16)17;1-9(2)8-6-4-3-5-7-8/h1-3,16-17H;3-7H,1-2H3. The number of halogens is 6. The monoisotopic (exact) mass is 395 g/mol. The van der Waals surface area contributed by atoms with E-state index in [1.807, 2.05) is 32.3 Å². The smallest absolute Gasteiger partial charge is 0.512 e. The molecule has 0 aliphatic rings. The Bertz CT molecular complexity index is 688. The number of nitrogens with zero attached hydrogens (tertiary/aromatic N) is 1. The molecule has 0 fully saturated rings. The van der Waals surface area contributed by atoms with Gasteiger partial charge in [-0.25, -0.2) is 0 Å². The maximum atomic E-state index is 12.3. The average Bonchev–Trinajstić information content (AvgIpc) is 2.53. The maximum absolute atomic E-state index is 12.3. The fraction of sp³-hybridized carbons (Fsp3) is 0.250. The molecule has 0 bridgehead atoms. The van der Waals surface area contributed by atoms with Crippen molar-refractivity contribution < 1.29 is 41.0 Å². The van der Waals surface area contributed by atoms with Crippen LogP contribution in [0.5, 0.6) is 5.75 Å². The first-order chi connectivity index (χ1) is 12.3. The SMILES string of the molecule is CN(C)c1ccccc1.OB(O)Oc1cc(C(F)(F)F)cc(C(F)(F)F)c1. The zero-order valence-electron chi connectivity index (χ0n) is 14.2. The van der Waals surface area contributed by atoms with Gasteiger partial charge in [0.2, 0.25) is 0 Å². The number of alkyl halides is 6. The van der Waals surface area contributed by atoms with E-state index in [2.05, 4.69) is 21.7 Å². The topological polar surface area (TPSA) is 52.9 Å². The van der Waals surface area contributed by atoms with E-state index in [-0.39, 0.29) is 18.2 Å². The van der Waals surface area contributed by atoms with Crippen LogP contribution >= 0.6 is 0 Å². The molecule has 0 spiro atoms. The second-order valence-electron chi connectivity index (χ2n) is 5.42. The number of anilines is 1. The molecular weight excluding hydrogens is 379 g/mol.